The molecule has 0 unspecified atom stereocenters. The van der Waals surface area contributed by atoms with Crippen LogP contribution in [0.5, 0.6) is 0 Å². The van der Waals surface area contributed by atoms with Crippen LogP contribution in [0.15, 0.2) is 224 Å². The zero-order valence-corrected chi connectivity index (χ0v) is 34.1. The molecule has 4 heterocycles. The molecule has 4 aromatic heterocycles. The quantitative estimate of drug-likeness (QED) is 0.168. The molecule has 9 aromatic carbocycles. The summed E-state index contributed by atoms with van der Waals surface area (Å²) in [6.45, 7) is 0. The average Bonchev–Trinajstić information content (AvgIpc) is 3.98. The van der Waals surface area contributed by atoms with Crippen LogP contribution in [0.1, 0.15) is 0 Å². The minimum Gasteiger partial charge on any atom is -0.309 e. The molecule has 0 aliphatic heterocycles. The Morgan fingerprint density at radius 2 is 0.603 bits per heavy atom. The van der Waals surface area contributed by atoms with E-state index >= 15 is 0 Å². The number of benzene rings is 9. The Kier molecular flexibility index (Phi) is 7.84. The highest BCUT2D eigenvalue weighted by Gasteiger charge is 2.22. The van der Waals surface area contributed by atoms with E-state index in [1.807, 2.05) is 12.1 Å². The van der Waals surface area contributed by atoms with Gasteiger partial charge < -0.3 is 13.7 Å². The predicted molar refractivity (Wildman–Crippen MR) is 261 cm³/mol. The van der Waals surface area contributed by atoms with Gasteiger partial charge in [-0.1, -0.05) is 146 Å². The van der Waals surface area contributed by atoms with Crippen molar-refractivity contribution in [2.75, 3.05) is 0 Å². The van der Waals surface area contributed by atoms with Crippen molar-refractivity contribution in [3.8, 4) is 51.0 Å². The fourth-order valence-electron chi connectivity index (χ4n) is 9.80. The highest BCUT2D eigenvalue weighted by molar-refractivity contribution is 6.23. The summed E-state index contributed by atoms with van der Waals surface area (Å²) in [6, 6.07) is 80.2. The Morgan fingerprint density at radius 3 is 1.08 bits per heavy atom. The van der Waals surface area contributed by atoms with E-state index in [0.29, 0.717) is 5.82 Å². The van der Waals surface area contributed by atoms with E-state index in [9.17, 15) is 0 Å². The van der Waals surface area contributed by atoms with Crippen LogP contribution in [-0.4, -0.2) is 23.7 Å². The van der Waals surface area contributed by atoms with Crippen LogP contribution in [0.25, 0.3) is 116 Å². The molecule has 0 atom stereocenters. The predicted octanol–water partition coefficient (Wildman–Crippen LogP) is 14.8. The minimum absolute atomic E-state index is 0.677. The minimum atomic E-state index is 0.677. The van der Waals surface area contributed by atoms with Gasteiger partial charge in [0.25, 0.3) is 0 Å². The number of hydrogen-bond acceptors (Lipinski definition) is 2. The molecule has 13 aromatic rings. The maximum Gasteiger partial charge on any atom is 0.160 e. The number of rotatable bonds is 6. The summed E-state index contributed by atoms with van der Waals surface area (Å²) >= 11 is 0. The topological polar surface area (TPSA) is 40.6 Å². The largest absolute Gasteiger partial charge is 0.309 e. The maximum atomic E-state index is 5.24. The number of nitrogens with zero attached hydrogens (tertiary/aromatic N) is 5. The van der Waals surface area contributed by atoms with Crippen LogP contribution >= 0.6 is 0 Å². The molecule has 0 spiro atoms. The third-order valence-electron chi connectivity index (χ3n) is 12.6. The second-order valence-corrected chi connectivity index (χ2v) is 16.2. The van der Waals surface area contributed by atoms with Gasteiger partial charge >= 0.3 is 0 Å². The summed E-state index contributed by atoms with van der Waals surface area (Å²) in [4.78, 5) is 10.5. The van der Waals surface area contributed by atoms with Gasteiger partial charge in [0.15, 0.2) is 5.82 Å². The molecule has 0 aliphatic carbocycles. The average molecular weight is 804 g/mol. The smallest absolute Gasteiger partial charge is 0.160 e. The summed E-state index contributed by atoms with van der Waals surface area (Å²) in [7, 11) is 0. The molecule has 5 heteroatoms. The number of fused-ring (bicyclic) bond motifs is 9. The van der Waals surface area contributed by atoms with Crippen LogP contribution in [0, 0.1) is 0 Å². The van der Waals surface area contributed by atoms with E-state index in [-0.39, 0.29) is 0 Å². The van der Waals surface area contributed by atoms with Gasteiger partial charge in [-0.05, 0) is 78.9 Å². The molecular weight excluding hydrogens is 767 g/mol. The lowest BCUT2D eigenvalue weighted by atomic mass is 10.1. The molecule has 0 amide bonds. The van der Waals surface area contributed by atoms with Crippen LogP contribution in [0.2, 0.25) is 0 Å². The summed E-state index contributed by atoms with van der Waals surface area (Å²) in [5.74, 6) is 0.677. The van der Waals surface area contributed by atoms with Gasteiger partial charge in [0.05, 0.1) is 44.5 Å². The van der Waals surface area contributed by atoms with Gasteiger partial charge in [-0.15, -0.1) is 0 Å². The lowest BCUT2D eigenvalue weighted by Gasteiger charge is -2.13. The Balaban J connectivity index is 1.13. The van der Waals surface area contributed by atoms with Crippen LogP contribution in [0.3, 0.4) is 0 Å². The zero-order valence-electron chi connectivity index (χ0n) is 34.1. The second-order valence-electron chi connectivity index (χ2n) is 16.2. The van der Waals surface area contributed by atoms with Crippen LogP contribution in [-0.2, 0) is 0 Å². The molecule has 5 nitrogen and oxygen atoms in total. The molecule has 0 bridgehead atoms. The molecule has 0 aliphatic rings. The monoisotopic (exact) mass is 803 g/mol. The van der Waals surface area contributed by atoms with Gasteiger partial charge in [-0.3, -0.25) is 0 Å². The number of hydrogen-bond donors (Lipinski definition) is 0. The molecular formula is C58H37N5. The molecule has 0 saturated heterocycles. The first-order valence-electron chi connectivity index (χ1n) is 21.4. The Morgan fingerprint density at radius 1 is 0.238 bits per heavy atom. The van der Waals surface area contributed by atoms with Gasteiger partial charge in [-0.25, -0.2) is 9.97 Å². The van der Waals surface area contributed by atoms with Crippen LogP contribution in [0.4, 0.5) is 0 Å². The summed E-state index contributed by atoms with van der Waals surface area (Å²) in [5, 5.41) is 7.31. The fourth-order valence-corrected chi connectivity index (χ4v) is 9.80. The van der Waals surface area contributed by atoms with E-state index in [0.717, 1.165) is 67.2 Å². The summed E-state index contributed by atoms with van der Waals surface area (Å²) in [5.41, 5.74) is 15.0. The molecule has 0 radical (unpaired) electrons. The van der Waals surface area contributed by atoms with Gasteiger partial charge in [0.2, 0.25) is 0 Å². The van der Waals surface area contributed by atoms with E-state index < -0.39 is 0 Å². The highest BCUT2D eigenvalue weighted by atomic mass is 15.0. The highest BCUT2D eigenvalue weighted by Crippen LogP contribution is 2.43. The van der Waals surface area contributed by atoms with Crippen molar-refractivity contribution in [3.05, 3.63) is 224 Å². The fraction of sp³-hybridized carbons (Fsp3) is 0. The lowest BCUT2D eigenvalue weighted by molar-refractivity contribution is 1.15. The van der Waals surface area contributed by atoms with Crippen molar-refractivity contribution >= 4 is 65.4 Å². The molecule has 63 heavy (non-hydrogen) atoms. The first-order valence-corrected chi connectivity index (χ1v) is 21.4. The summed E-state index contributed by atoms with van der Waals surface area (Å²) in [6.07, 6.45) is 0. The van der Waals surface area contributed by atoms with E-state index in [1.54, 1.807) is 0 Å². The molecule has 0 fully saturated rings. The molecule has 13 rings (SSSR count). The van der Waals surface area contributed by atoms with Gasteiger partial charge in [-0.2, -0.15) is 0 Å². The van der Waals surface area contributed by atoms with Gasteiger partial charge in [0, 0.05) is 66.1 Å². The Bertz CT molecular complexity index is 3650. The third kappa shape index (κ3) is 5.57. The molecule has 0 N–H and O–H groups in total. The number of aromatic nitrogens is 5. The normalized spacial score (nSPS) is 11.8. The van der Waals surface area contributed by atoms with E-state index in [2.05, 4.69) is 226 Å². The standard InChI is InChI=1S/C58H37N5/c1-5-18-38(19-6-1)50-35-51(39-20-7-2-8-21-39)60-58(59-50)40-22-17-27-43(32-40)63-56-36-54-46(44-28-13-15-30-52(44)61(54)41-23-9-3-10-24-41)33-48(56)49-34-47-45-29-14-16-31-53(45)62(55(47)37-57(49)63)42-25-11-4-12-26-42/h1-37H. The van der Waals surface area contributed by atoms with E-state index in [1.165, 1.54) is 43.4 Å². The van der Waals surface area contributed by atoms with Crippen molar-refractivity contribution in [1.29, 1.82) is 0 Å². The lowest BCUT2D eigenvalue weighted by Crippen LogP contribution is -1.99. The molecule has 0 saturated carbocycles. The van der Waals surface area contributed by atoms with Gasteiger partial charge in [0.1, 0.15) is 0 Å². The number of para-hydroxylation sites is 4. The first kappa shape index (κ1) is 35.2. The third-order valence-corrected chi connectivity index (χ3v) is 12.6. The van der Waals surface area contributed by atoms with Crippen molar-refractivity contribution in [2.45, 2.75) is 0 Å². The van der Waals surface area contributed by atoms with Crippen molar-refractivity contribution in [3.63, 3.8) is 0 Å². The van der Waals surface area contributed by atoms with Crippen molar-refractivity contribution in [1.82, 2.24) is 23.7 Å². The van der Waals surface area contributed by atoms with Crippen molar-refractivity contribution in [2.24, 2.45) is 0 Å². The second kappa shape index (κ2) is 14.0. The van der Waals surface area contributed by atoms with E-state index in [4.69, 9.17) is 9.97 Å². The SMILES string of the molecule is c1ccc(-c2cc(-c3ccccc3)nc(-c3cccc(-n4c5cc6c(cc5c5cc7c8ccccc8n(-c8ccccc8)c7cc54)c4ccccc4n6-c4ccccc4)c3)n2)cc1. The maximum absolute atomic E-state index is 5.24. The Hall–Kier alpha value is -8.54. The first-order chi connectivity index (χ1) is 31.2. The van der Waals surface area contributed by atoms with Crippen LogP contribution < -0.4 is 0 Å². The van der Waals surface area contributed by atoms with Crippen molar-refractivity contribution < 1.29 is 0 Å². The Labute approximate surface area is 363 Å². The molecule has 294 valence electrons. The summed E-state index contributed by atoms with van der Waals surface area (Å²) < 4.78 is 7.26. The zero-order chi connectivity index (χ0) is 41.4.